The van der Waals surface area contributed by atoms with Crippen molar-refractivity contribution in [1.82, 2.24) is 0 Å². The molecule has 3 nitrogen and oxygen atoms in total. The van der Waals surface area contributed by atoms with E-state index < -0.39 is 12.1 Å². The SMILES string of the molecule is CC(O)C(=O)O.[Al+3]. The Kier molecular flexibility index (Phi) is 5.93. The molecule has 0 aromatic carbocycles. The monoisotopic (exact) mass is 117 g/mol. The predicted octanol–water partition coefficient (Wildman–Crippen LogP) is -0.929. The molecule has 0 aromatic heterocycles. The Morgan fingerprint density at radius 2 is 1.86 bits per heavy atom. The van der Waals surface area contributed by atoms with Crippen LogP contribution in [0.2, 0.25) is 0 Å². The Bertz CT molecular complexity index is 61.2. The van der Waals surface area contributed by atoms with E-state index in [9.17, 15) is 4.79 Å². The van der Waals surface area contributed by atoms with E-state index in [1.807, 2.05) is 0 Å². The molecule has 0 fully saturated rings. The minimum absolute atomic E-state index is 0. The van der Waals surface area contributed by atoms with Crippen LogP contribution < -0.4 is 0 Å². The van der Waals surface area contributed by atoms with Crippen LogP contribution in [-0.4, -0.2) is 39.6 Å². The van der Waals surface area contributed by atoms with Gasteiger partial charge >= 0.3 is 23.3 Å². The van der Waals surface area contributed by atoms with Crippen molar-refractivity contribution < 1.29 is 15.0 Å². The van der Waals surface area contributed by atoms with Gasteiger partial charge in [0.2, 0.25) is 0 Å². The molecule has 1 atom stereocenters. The number of carboxylic acid groups (broad SMARTS) is 1. The summed E-state index contributed by atoms with van der Waals surface area (Å²) in [7, 11) is 0. The molecule has 0 aliphatic rings. The first-order chi connectivity index (χ1) is 2.64. The Hall–Kier alpha value is -0.0375. The summed E-state index contributed by atoms with van der Waals surface area (Å²) < 4.78 is 0. The van der Waals surface area contributed by atoms with Gasteiger partial charge in [0.05, 0.1) is 0 Å². The van der Waals surface area contributed by atoms with Crippen LogP contribution >= 0.6 is 0 Å². The van der Waals surface area contributed by atoms with Gasteiger partial charge in [-0.3, -0.25) is 0 Å². The standard InChI is InChI=1S/C3H6O3.Al/c1-2(4)3(5)6;/h2,4H,1H3,(H,5,6);/q;+3. The van der Waals surface area contributed by atoms with E-state index in [2.05, 4.69) is 0 Å². The zero-order valence-electron chi connectivity index (χ0n) is 3.96. The third-order valence-corrected chi connectivity index (χ3v) is 0.357. The van der Waals surface area contributed by atoms with Crippen LogP contribution in [0.25, 0.3) is 0 Å². The first-order valence-corrected chi connectivity index (χ1v) is 1.55. The van der Waals surface area contributed by atoms with Gasteiger partial charge in [0, 0.05) is 0 Å². The Morgan fingerprint density at radius 3 is 1.86 bits per heavy atom. The predicted molar refractivity (Wildman–Crippen MR) is 25.1 cm³/mol. The third-order valence-electron chi connectivity index (χ3n) is 0.357. The number of aliphatic hydroxyl groups is 1. The van der Waals surface area contributed by atoms with Crippen molar-refractivity contribution in [1.29, 1.82) is 0 Å². The van der Waals surface area contributed by atoms with Gasteiger partial charge in [-0.1, -0.05) is 0 Å². The number of rotatable bonds is 1. The van der Waals surface area contributed by atoms with E-state index in [4.69, 9.17) is 10.2 Å². The second kappa shape index (κ2) is 4.13. The van der Waals surface area contributed by atoms with Gasteiger partial charge < -0.3 is 10.2 Å². The summed E-state index contributed by atoms with van der Waals surface area (Å²) in [4.78, 5) is 9.45. The van der Waals surface area contributed by atoms with Crippen LogP contribution in [-0.2, 0) is 4.79 Å². The van der Waals surface area contributed by atoms with Gasteiger partial charge in [-0.05, 0) is 6.92 Å². The number of aliphatic carboxylic acids is 1. The molecule has 1 unspecified atom stereocenters. The fourth-order valence-corrected chi connectivity index (χ4v) is 0. The average molecular weight is 117 g/mol. The zero-order chi connectivity index (χ0) is 5.15. The van der Waals surface area contributed by atoms with Gasteiger partial charge in [-0.2, -0.15) is 0 Å². The number of hydrogen-bond acceptors (Lipinski definition) is 2. The van der Waals surface area contributed by atoms with E-state index in [0.29, 0.717) is 0 Å². The van der Waals surface area contributed by atoms with Crippen molar-refractivity contribution >= 4 is 23.3 Å². The van der Waals surface area contributed by atoms with Crippen molar-refractivity contribution in [3.8, 4) is 0 Å². The maximum atomic E-state index is 9.45. The maximum absolute atomic E-state index is 9.45. The van der Waals surface area contributed by atoms with Crippen molar-refractivity contribution in [3.05, 3.63) is 0 Å². The van der Waals surface area contributed by atoms with Crippen molar-refractivity contribution in [2.75, 3.05) is 0 Å². The first kappa shape index (κ1) is 10.1. The van der Waals surface area contributed by atoms with Crippen LogP contribution in [0.3, 0.4) is 0 Å². The summed E-state index contributed by atoms with van der Waals surface area (Å²) in [5.74, 6) is -1.19. The van der Waals surface area contributed by atoms with E-state index in [-0.39, 0.29) is 17.4 Å². The number of hydrogen-bond donors (Lipinski definition) is 2. The molecular formula is C3H6AlO3+3. The van der Waals surface area contributed by atoms with Crippen LogP contribution in [0.5, 0.6) is 0 Å². The van der Waals surface area contributed by atoms with Crippen LogP contribution in [0.1, 0.15) is 6.92 Å². The molecule has 0 rings (SSSR count). The Morgan fingerprint density at radius 1 is 1.71 bits per heavy atom. The van der Waals surface area contributed by atoms with Crippen LogP contribution in [0.15, 0.2) is 0 Å². The minimum Gasteiger partial charge on any atom is -0.479 e. The smallest absolute Gasteiger partial charge is 0.479 e. The molecule has 2 N–H and O–H groups in total. The van der Waals surface area contributed by atoms with Gasteiger partial charge in [0.15, 0.2) is 0 Å². The molecule has 0 aliphatic carbocycles. The van der Waals surface area contributed by atoms with Crippen LogP contribution in [0.4, 0.5) is 0 Å². The molecule has 0 bridgehead atoms. The minimum atomic E-state index is -1.23. The largest absolute Gasteiger partial charge is 3.00 e. The molecule has 0 saturated heterocycles. The molecular weight excluding hydrogens is 111 g/mol. The van der Waals surface area contributed by atoms with Gasteiger partial charge in [0.1, 0.15) is 6.10 Å². The number of carbonyl (C=O) groups is 1. The zero-order valence-corrected chi connectivity index (χ0v) is 5.11. The molecule has 0 spiro atoms. The first-order valence-electron chi connectivity index (χ1n) is 1.55. The van der Waals surface area contributed by atoms with Gasteiger partial charge in [0.25, 0.3) is 0 Å². The van der Waals surface area contributed by atoms with Crippen molar-refractivity contribution in [2.45, 2.75) is 13.0 Å². The molecule has 0 amide bonds. The van der Waals surface area contributed by atoms with E-state index >= 15 is 0 Å². The summed E-state index contributed by atoms with van der Waals surface area (Å²) >= 11 is 0. The van der Waals surface area contributed by atoms with Gasteiger partial charge in [-0.15, -0.1) is 0 Å². The molecule has 0 aromatic rings. The molecule has 0 radical (unpaired) electrons. The second-order valence-corrected chi connectivity index (χ2v) is 1.01. The fourth-order valence-electron chi connectivity index (χ4n) is 0. The average Bonchev–Trinajstić information content (AvgIpc) is 1.36. The molecule has 7 heavy (non-hydrogen) atoms. The van der Waals surface area contributed by atoms with E-state index in [1.165, 1.54) is 6.92 Å². The summed E-state index contributed by atoms with van der Waals surface area (Å²) in [6.07, 6.45) is -1.23. The second-order valence-electron chi connectivity index (χ2n) is 1.01. The summed E-state index contributed by atoms with van der Waals surface area (Å²) in [5.41, 5.74) is 0. The van der Waals surface area contributed by atoms with E-state index in [0.717, 1.165) is 0 Å². The number of carboxylic acids is 1. The third kappa shape index (κ3) is 5.96. The van der Waals surface area contributed by atoms with E-state index in [1.54, 1.807) is 0 Å². The molecule has 4 heteroatoms. The quantitative estimate of drug-likeness (QED) is 0.436. The Labute approximate surface area is 52.1 Å². The summed E-state index contributed by atoms with van der Waals surface area (Å²) in [5, 5.41) is 15.8. The molecule has 36 valence electrons. The fraction of sp³-hybridized carbons (Fsp3) is 0.667. The summed E-state index contributed by atoms with van der Waals surface area (Å²) in [6, 6.07) is 0. The normalized spacial score (nSPS) is 11.7. The molecule has 0 heterocycles. The Balaban J connectivity index is 0. The topological polar surface area (TPSA) is 57.5 Å². The maximum Gasteiger partial charge on any atom is 3.00 e. The van der Waals surface area contributed by atoms with Crippen molar-refractivity contribution in [3.63, 3.8) is 0 Å². The molecule has 0 aliphatic heterocycles. The van der Waals surface area contributed by atoms with Gasteiger partial charge in [-0.25, -0.2) is 4.79 Å². The van der Waals surface area contributed by atoms with Crippen LogP contribution in [0, 0.1) is 0 Å². The van der Waals surface area contributed by atoms with Crippen molar-refractivity contribution in [2.24, 2.45) is 0 Å². The number of aliphatic hydroxyl groups excluding tert-OH is 1. The summed E-state index contributed by atoms with van der Waals surface area (Å²) in [6.45, 7) is 1.20. The molecule has 0 saturated carbocycles.